The van der Waals surface area contributed by atoms with E-state index in [4.69, 9.17) is 0 Å². The van der Waals surface area contributed by atoms with E-state index in [1.807, 2.05) is 42.5 Å². The van der Waals surface area contributed by atoms with Gasteiger partial charge in [-0.15, -0.1) is 10.2 Å². The average Bonchev–Trinajstić information content (AvgIpc) is 3.46. The maximum atomic E-state index is 13.0. The molecule has 0 spiro atoms. The first-order valence-corrected chi connectivity index (χ1v) is 8.68. The van der Waals surface area contributed by atoms with Crippen LogP contribution in [0.25, 0.3) is 33.7 Å². The summed E-state index contributed by atoms with van der Waals surface area (Å²) in [6, 6.07) is 15.0. The highest BCUT2D eigenvalue weighted by Gasteiger charge is 2.15. The third kappa shape index (κ3) is 3.08. The topological polar surface area (TPSA) is 138 Å². The summed E-state index contributed by atoms with van der Waals surface area (Å²) in [4.78, 5) is 28.2. The zero-order valence-electron chi connectivity index (χ0n) is 14.9. The van der Waals surface area contributed by atoms with Crippen molar-refractivity contribution in [1.29, 1.82) is 0 Å². The minimum atomic E-state index is -0.280. The Hall–Kier alpha value is -4.47. The first kappa shape index (κ1) is 16.7. The smallest absolute Gasteiger partial charge is 0.257 e. The number of anilines is 1. The summed E-state index contributed by atoms with van der Waals surface area (Å²) in [6.07, 6.45) is 2.87. The number of rotatable bonds is 4. The van der Waals surface area contributed by atoms with Gasteiger partial charge < -0.3 is 10.3 Å². The van der Waals surface area contributed by atoms with Gasteiger partial charge in [-0.25, -0.2) is 15.0 Å². The predicted octanol–water partition coefficient (Wildman–Crippen LogP) is 2.45. The first-order valence-electron chi connectivity index (χ1n) is 8.68. The van der Waals surface area contributed by atoms with E-state index in [1.165, 1.54) is 12.7 Å². The third-order valence-electron chi connectivity index (χ3n) is 4.43. The zero-order valence-corrected chi connectivity index (χ0v) is 14.9. The molecule has 1 amide bonds. The molecule has 5 rings (SSSR count). The van der Waals surface area contributed by atoms with E-state index >= 15 is 0 Å². The van der Waals surface area contributed by atoms with Gasteiger partial charge in [0.1, 0.15) is 11.8 Å². The van der Waals surface area contributed by atoms with Crippen molar-refractivity contribution >= 4 is 22.9 Å². The standard InChI is InChI=1S/C19H13N9O/c29-19(24-18-15-17(21-9-20-15)22-10-23-18)14-4-2-1-3-13(14)11-5-7-12(8-6-11)16-25-27-28-26-16/h1-10H,(H,25,26,27,28)(H2,20,21,22,23,24,29). The van der Waals surface area contributed by atoms with Crippen molar-refractivity contribution in [3.8, 4) is 22.5 Å². The fourth-order valence-electron chi connectivity index (χ4n) is 3.05. The first-order chi connectivity index (χ1) is 14.3. The van der Waals surface area contributed by atoms with Crippen LogP contribution >= 0.6 is 0 Å². The average molecular weight is 383 g/mol. The van der Waals surface area contributed by atoms with Gasteiger partial charge in [0.05, 0.1) is 6.33 Å². The SMILES string of the molecule is O=C(Nc1ncnc2nc[nH]c12)c1ccccc1-c1ccc(-c2nn[nH]n2)cc1. The normalized spacial score (nSPS) is 10.9. The molecule has 0 bridgehead atoms. The Morgan fingerprint density at radius 2 is 1.76 bits per heavy atom. The number of aromatic nitrogens is 8. The second-order valence-electron chi connectivity index (χ2n) is 6.14. The van der Waals surface area contributed by atoms with Crippen molar-refractivity contribution in [3.05, 3.63) is 66.7 Å². The molecule has 0 unspecified atom stereocenters. The summed E-state index contributed by atoms with van der Waals surface area (Å²) in [6.45, 7) is 0. The van der Waals surface area contributed by atoms with Crippen molar-refractivity contribution in [2.24, 2.45) is 0 Å². The number of aromatic amines is 2. The van der Waals surface area contributed by atoms with Gasteiger partial charge in [-0.1, -0.05) is 42.5 Å². The van der Waals surface area contributed by atoms with Crippen LogP contribution in [-0.4, -0.2) is 46.5 Å². The second-order valence-corrected chi connectivity index (χ2v) is 6.14. The number of imidazole rings is 1. The number of benzene rings is 2. The molecule has 2 aromatic carbocycles. The molecule has 10 nitrogen and oxygen atoms in total. The fourth-order valence-corrected chi connectivity index (χ4v) is 3.05. The highest BCUT2D eigenvalue weighted by molar-refractivity contribution is 6.10. The predicted molar refractivity (Wildman–Crippen MR) is 105 cm³/mol. The van der Waals surface area contributed by atoms with Gasteiger partial charge in [-0.3, -0.25) is 4.79 Å². The number of tetrazole rings is 1. The molecule has 0 fully saturated rings. The number of nitrogens with zero attached hydrogens (tertiary/aromatic N) is 6. The molecular weight excluding hydrogens is 370 g/mol. The lowest BCUT2D eigenvalue weighted by Gasteiger charge is -2.10. The Morgan fingerprint density at radius 3 is 2.59 bits per heavy atom. The molecule has 0 saturated heterocycles. The summed E-state index contributed by atoms with van der Waals surface area (Å²) in [5, 5.41) is 16.8. The van der Waals surface area contributed by atoms with Gasteiger partial charge in [0, 0.05) is 11.1 Å². The number of nitrogens with one attached hydrogen (secondary N) is 3. The number of hydrogen-bond acceptors (Lipinski definition) is 7. The minimum absolute atomic E-state index is 0.280. The summed E-state index contributed by atoms with van der Waals surface area (Å²) in [7, 11) is 0. The molecule has 3 heterocycles. The molecule has 0 aliphatic heterocycles. The lowest BCUT2D eigenvalue weighted by atomic mass is 9.98. The van der Waals surface area contributed by atoms with E-state index in [0.717, 1.165) is 16.7 Å². The quantitative estimate of drug-likeness (QED) is 0.433. The molecule has 0 radical (unpaired) electrons. The Balaban J connectivity index is 1.47. The van der Waals surface area contributed by atoms with Gasteiger partial charge in [0.25, 0.3) is 5.91 Å². The van der Waals surface area contributed by atoms with Gasteiger partial charge in [-0.2, -0.15) is 5.21 Å². The number of carbonyl (C=O) groups is 1. The van der Waals surface area contributed by atoms with Gasteiger partial charge in [0.2, 0.25) is 5.82 Å². The summed E-state index contributed by atoms with van der Waals surface area (Å²) in [5.74, 6) is 0.604. The van der Waals surface area contributed by atoms with Crippen molar-refractivity contribution in [1.82, 2.24) is 40.6 Å². The molecule has 10 heteroatoms. The summed E-state index contributed by atoms with van der Waals surface area (Å²) in [5.41, 5.74) is 4.08. The van der Waals surface area contributed by atoms with Crippen LogP contribution in [-0.2, 0) is 0 Å². The van der Waals surface area contributed by atoms with Crippen LogP contribution in [0.15, 0.2) is 61.2 Å². The summed E-state index contributed by atoms with van der Waals surface area (Å²) < 4.78 is 0. The second kappa shape index (κ2) is 6.93. The lowest BCUT2D eigenvalue weighted by molar-refractivity contribution is 0.102. The van der Waals surface area contributed by atoms with Crippen LogP contribution in [0.4, 0.5) is 5.82 Å². The van der Waals surface area contributed by atoms with Crippen molar-refractivity contribution < 1.29 is 4.79 Å². The highest BCUT2D eigenvalue weighted by atomic mass is 16.1. The number of carbonyl (C=O) groups excluding carboxylic acids is 1. The molecule has 5 aromatic rings. The minimum Gasteiger partial charge on any atom is -0.340 e. The van der Waals surface area contributed by atoms with E-state index in [1.54, 1.807) is 6.07 Å². The van der Waals surface area contributed by atoms with Gasteiger partial charge in [-0.05, 0) is 22.4 Å². The van der Waals surface area contributed by atoms with Crippen LogP contribution in [0, 0.1) is 0 Å². The maximum Gasteiger partial charge on any atom is 0.257 e. The highest BCUT2D eigenvalue weighted by Crippen LogP contribution is 2.27. The third-order valence-corrected chi connectivity index (χ3v) is 4.43. The molecule has 0 aliphatic rings. The van der Waals surface area contributed by atoms with Gasteiger partial charge >= 0.3 is 0 Å². The Labute approximate surface area is 163 Å². The van der Waals surface area contributed by atoms with E-state index in [-0.39, 0.29) is 5.91 Å². The number of H-pyrrole nitrogens is 2. The molecule has 0 saturated carbocycles. The largest absolute Gasteiger partial charge is 0.340 e. The van der Waals surface area contributed by atoms with E-state index in [0.29, 0.717) is 28.4 Å². The van der Waals surface area contributed by atoms with Gasteiger partial charge in [0.15, 0.2) is 11.5 Å². The monoisotopic (exact) mass is 383 g/mol. The van der Waals surface area contributed by atoms with Crippen LogP contribution in [0.5, 0.6) is 0 Å². The number of hydrogen-bond donors (Lipinski definition) is 3. The molecule has 0 atom stereocenters. The molecule has 0 aliphatic carbocycles. The van der Waals surface area contributed by atoms with E-state index in [2.05, 4.69) is 45.9 Å². The number of fused-ring (bicyclic) bond motifs is 1. The van der Waals surface area contributed by atoms with Crippen LogP contribution in [0.2, 0.25) is 0 Å². The Morgan fingerprint density at radius 1 is 0.931 bits per heavy atom. The lowest BCUT2D eigenvalue weighted by Crippen LogP contribution is -2.14. The van der Waals surface area contributed by atoms with Crippen LogP contribution in [0.1, 0.15) is 10.4 Å². The van der Waals surface area contributed by atoms with E-state index in [9.17, 15) is 4.79 Å². The maximum absolute atomic E-state index is 13.0. The Kier molecular flexibility index (Phi) is 3.98. The molecule has 3 N–H and O–H groups in total. The molecule has 29 heavy (non-hydrogen) atoms. The number of amides is 1. The van der Waals surface area contributed by atoms with Crippen molar-refractivity contribution in [2.45, 2.75) is 0 Å². The Bertz CT molecular complexity index is 1290. The zero-order chi connectivity index (χ0) is 19.6. The molecule has 140 valence electrons. The van der Waals surface area contributed by atoms with Crippen molar-refractivity contribution in [3.63, 3.8) is 0 Å². The van der Waals surface area contributed by atoms with E-state index < -0.39 is 0 Å². The van der Waals surface area contributed by atoms with Crippen molar-refractivity contribution in [2.75, 3.05) is 5.32 Å². The van der Waals surface area contributed by atoms with Crippen LogP contribution < -0.4 is 5.32 Å². The molecule has 3 aromatic heterocycles. The fraction of sp³-hybridized carbons (Fsp3) is 0. The van der Waals surface area contributed by atoms with Crippen LogP contribution in [0.3, 0.4) is 0 Å². The molecular formula is C19H13N9O. The summed E-state index contributed by atoms with van der Waals surface area (Å²) >= 11 is 0.